The van der Waals surface area contributed by atoms with E-state index in [-0.39, 0.29) is 24.2 Å². The zero-order valence-electron chi connectivity index (χ0n) is 12.8. The summed E-state index contributed by atoms with van der Waals surface area (Å²) in [7, 11) is 1.65. The summed E-state index contributed by atoms with van der Waals surface area (Å²) in [5.41, 5.74) is 6.89. The van der Waals surface area contributed by atoms with E-state index in [2.05, 4.69) is 5.32 Å². The fourth-order valence-electron chi connectivity index (χ4n) is 2.72. The molecule has 0 aromatic heterocycles. The number of likely N-dealkylation sites (tertiary alicyclic amines) is 1. The largest absolute Gasteiger partial charge is 0.359 e. The number of hydrogen-bond acceptors (Lipinski definition) is 3. The zero-order valence-corrected chi connectivity index (χ0v) is 13.6. The molecule has 1 atom stereocenters. The molecule has 122 valence electrons. The molecule has 2 rings (SSSR count). The highest BCUT2D eigenvalue weighted by Crippen LogP contribution is 2.23. The zero-order chi connectivity index (χ0) is 15.2. The van der Waals surface area contributed by atoms with Crippen LogP contribution >= 0.6 is 12.4 Å². The van der Waals surface area contributed by atoms with Crippen LogP contribution in [0, 0.1) is 5.92 Å². The number of piperidine rings is 1. The first kappa shape index (κ1) is 18.5. The molecule has 1 saturated heterocycles. The van der Waals surface area contributed by atoms with E-state index in [1.807, 2.05) is 35.2 Å². The molecule has 0 aliphatic carbocycles. The van der Waals surface area contributed by atoms with Gasteiger partial charge >= 0.3 is 0 Å². The van der Waals surface area contributed by atoms with Crippen molar-refractivity contribution in [2.24, 2.45) is 11.7 Å². The lowest BCUT2D eigenvalue weighted by Crippen LogP contribution is -2.43. The van der Waals surface area contributed by atoms with E-state index in [9.17, 15) is 9.59 Å². The van der Waals surface area contributed by atoms with E-state index >= 15 is 0 Å². The number of carbonyl (C=O) groups excluding carboxylic acids is 2. The lowest BCUT2D eigenvalue weighted by atomic mass is 9.92. The van der Waals surface area contributed by atoms with Gasteiger partial charge in [0.15, 0.2) is 0 Å². The Kier molecular flexibility index (Phi) is 7.35. The molecule has 1 unspecified atom stereocenters. The van der Waals surface area contributed by atoms with Crippen LogP contribution in [0.4, 0.5) is 0 Å². The van der Waals surface area contributed by atoms with Gasteiger partial charge in [-0.1, -0.05) is 30.3 Å². The second-order valence-electron chi connectivity index (χ2n) is 5.53. The van der Waals surface area contributed by atoms with E-state index < -0.39 is 6.04 Å². The fraction of sp³-hybridized carbons (Fsp3) is 0.500. The maximum Gasteiger partial charge on any atom is 0.244 e. The molecule has 22 heavy (non-hydrogen) atoms. The molecule has 1 aromatic carbocycles. The number of carbonyl (C=O) groups is 2. The lowest BCUT2D eigenvalue weighted by Gasteiger charge is -2.33. The first-order chi connectivity index (χ1) is 10.1. The summed E-state index contributed by atoms with van der Waals surface area (Å²) in [6, 6.07) is 8.84. The standard InChI is InChI=1S/C16H23N3O2.ClH/c1-18-14(20)11-12-7-9-19(10-8-12)16(21)15(17)13-5-3-2-4-6-13;/h2-6,12,15H,7-11,17H2,1H3,(H,18,20);1H. The third-order valence-corrected chi connectivity index (χ3v) is 4.10. The Balaban J connectivity index is 0.00000242. The molecule has 0 saturated carbocycles. The molecule has 3 N–H and O–H groups in total. The second kappa shape index (κ2) is 8.76. The van der Waals surface area contributed by atoms with Crippen molar-refractivity contribution in [3.05, 3.63) is 35.9 Å². The average Bonchev–Trinajstić information content (AvgIpc) is 2.55. The van der Waals surface area contributed by atoms with Gasteiger partial charge in [0.25, 0.3) is 0 Å². The number of hydrogen-bond donors (Lipinski definition) is 2. The van der Waals surface area contributed by atoms with Crippen molar-refractivity contribution in [2.75, 3.05) is 20.1 Å². The third kappa shape index (κ3) is 4.71. The molecule has 6 heteroatoms. The van der Waals surface area contributed by atoms with Gasteiger partial charge in [0.1, 0.15) is 6.04 Å². The van der Waals surface area contributed by atoms with Crippen molar-refractivity contribution in [3.63, 3.8) is 0 Å². The quantitative estimate of drug-likeness (QED) is 0.880. The summed E-state index contributed by atoms with van der Waals surface area (Å²) in [4.78, 5) is 25.6. The number of nitrogens with two attached hydrogens (primary N) is 1. The van der Waals surface area contributed by atoms with Crippen LogP contribution in [0.15, 0.2) is 30.3 Å². The summed E-state index contributed by atoms with van der Waals surface area (Å²) in [6.07, 6.45) is 2.27. The minimum Gasteiger partial charge on any atom is -0.359 e. The smallest absolute Gasteiger partial charge is 0.244 e. The van der Waals surface area contributed by atoms with Crippen LogP contribution in [-0.4, -0.2) is 36.9 Å². The molecule has 0 spiro atoms. The molecule has 1 aliphatic rings. The van der Waals surface area contributed by atoms with Crippen molar-refractivity contribution in [1.29, 1.82) is 0 Å². The molecular weight excluding hydrogens is 302 g/mol. The van der Waals surface area contributed by atoms with E-state index in [0.29, 0.717) is 25.4 Å². The van der Waals surface area contributed by atoms with Crippen LogP contribution in [0.5, 0.6) is 0 Å². The van der Waals surface area contributed by atoms with Gasteiger partial charge in [-0.05, 0) is 24.3 Å². The van der Waals surface area contributed by atoms with Crippen LogP contribution in [0.3, 0.4) is 0 Å². The van der Waals surface area contributed by atoms with E-state index in [1.54, 1.807) is 7.05 Å². The number of halogens is 1. The normalized spacial score (nSPS) is 16.5. The van der Waals surface area contributed by atoms with Crippen LogP contribution in [0.2, 0.25) is 0 Å². The Morgan fingerprint density at radius 3 is 2.41 bits per heavy atom. The third-order valence-electron chi connectivity index (χ3n) is 4.10. The molecule has 0 radical (unpaired) electrons. The number of amides is 2. The van der Waals surface area contributed by atoms with Crippen LogP contribution in [-0.2, 0) is 9.59 Å². The Hall–Kier alpha value is -1.59. The summed E-state index contributed by atoms with van der Waals surface area (Å²) in [5, 5.41) is 2.65. The van der Waals surface area contributed by atoms with E-state index in [1.165, 1.54) is 0 Å². The minimum atomic E-state index is -0.596. The van der Waals surface area contributed by atoms with E-state index in [4.69, 9.17) is 5.73 Å². The Bertz CT molecular complexity index is 487. The summed E-state index contributed by atoms with van der Waals surface area (Å²) in [5.74, 6) is 0.405. The van der Waals surface area contributed by atoms with Crippen molar-refractivity contribution in [1.82, 2.24) is 10.2 Å². The Labute approximate surface area is 137 Å². The van der Waals surface area contributed by atoms with Gasteiger partial charge in [-0.3, -0.25) is 9.59 Å². The van der Waals surface area contributed by atoms with Crippen molar-refractivity contribution >= 4 is 24.2 Å². The predicted molar refractivity (Wildman–Crippen MR) is 88.6 cm³/mol. The molecule has 1 aliphatic heterocycles. The fourth-order valence-corrected chi connectivity index (χ4v) is 2.72. The molecular formula is C16H24ClN3O2. The maximum absolute atomic E-state index is 12.4. The lowest BCUT2D eigenvalue weighted by molar-refractivity contribution is -0.134. The predicted octanol–water partition coefficient (Wildman–Crippen LogP) is 1.48. The minimum absolute atomic E-state index is 0. The second-order valence-corrected chi connectivity index (χ2v) is 5.53. The van der Waals surface area contributed by atoms with Gasteiger partial charge < -0.3 is 16.0 Å². The highest BCUT2D eigenvalue weighted by atomic mass is 35.5. The summed E-state index contributed by atoms with van der Waals surface area (Å²) >= 11 is 0. The molecule has 2 amide bonds. The molecule has 0 bridgehead atoms. The molecule has 5 nitrogen and oxygen atoms in total. The number of rotatable bonds is 4. The van der Waals surface area contributed by atoms with Crippen LogP contribution in [0.1, 0.15) is 30.9 Å². The van der Waals surface area contributed by atoms with Gasteiger partial charge in [-0.2, -0.15) is 0 Å². The van der Waals surface area contributed by atoms with Crippen molar-refractivity contribution in [3.8, 4) is 0 Å². The number of nitrogens with one attached hydrogen (secondary N) is 1. The number of nitrogens with zero attached hydrogens (tertiary/aromatic N) is 1. The van der Waals surface area contributed by atoms with Crippen LogP contribution < -0.4 is 11.1 Å². The topological polar surface area (TPSA) is 75.4 Å². The first-order valence-corrected chi connectivity index (χ1v) is 7.41. The monoisotopic (exact) mass is 325 g/mol. The summed E-state index contributed by atoms with van der Waals surface area (Å²) < 4.78 is 0. The van der Waals surface area contributed by atoms with E-state index in [0.717, 1.165) is 18.4 Å². The number of benzene rings is 1. The molecule has 1 fully saturated rings. The van der Waals surface area contributed by atoms with Crippen molar-refractivity contribution < 1.29 is 9.59 Å². The Morgan fingerprint density at radius 2 is 1.86 bits per heavy atom. The summed E-state index contributed by atoms with van der Waals surface area (Å²) in [6.45, 7) is 1.36. The molecule has 1 aromatic rings. The van der Waals surface area contributed by atoms with Gasteiger partial charge in [0, 0.05) is 26.6 Å². The molecule has 1 heterocycles. The maximum atomic E-state index is 12.4. The van der Waals surface area contributed by atoms with Crippen LogP contribution in [0.25, 0.3) is 0 Å². The van der Waals surface area contributed by atoms with Gasteiger partial charge in [0.05, 0.1) is 0 Å². The average molecular weight is 326 g/mol. The SMILES string of the molecule is CNC(=O)CC1CCN(C(=O)C(N)c2ccccc2)CC1.Cl. The van der Waals surface area contributed by atoms with Crippen molar-refractivity contribution in [2.45, 2.75) is 25.3 Å². The van der Waals surface area contributed by atoms with Gasteiger partial charge in [-0.25, -0.2) is 0 Å². The van der Waals surface area contributed by atoms with Gasteiger partial charge in [0.2, 0.25) is 11.8 Å². The first-order valence-electron chi connectivity index (χ1n) is 7.41. The Morgan fingerprint density at radius 1 is 1.27 bits per heavy atom. The highest BCUT2D eigenvalue weighted by Gasteiger charge is 2.27. The highest BCUT2D eigenvalue weighted by molar-refractivity contribution is 5.85. The van der Waals surface area contributed by atoms with Gasteiger partial charge in [-0.15, -0.1) is 12.4 Å².